The second-order valence-electron chi connectivity index (χ2n) is 7.25. The average molecular weight is 356 g/mol. The number of carbonyl (C=O) groups is 1. The van der Waals surface area contributed by atoms with Crippen LogP contribution in [0.4, 0.5) is 5.69 Å². The van der Waals surface area contributed by atoms with Crippen molar-refractivity contribution in [2.75, 3.05) is 25.0 Å². The third-order valence-corrected chi connectivity index (χ3v) is 5.88. The normalized spacial score (nSPS) is 26.1. The van der Waals surface area contributed by atoms with E-state index in [-0.39, 0.29) is 11.5 Å². The Morgan fingerprint density at radius 1 is 1.40 bits per heavy atom. The molecule has 25 heavy (non-hydrogen) atoms. The summed E-state index contributed by atoms with van der Waals surface area (Å²) in [4.78, 5) is 14.6. The van der Waals surface area contributed by atoms with Gasteiger partial charge in [-0.05, 0) is 48.9 Å². The Kier molecular flexibility index (Phi) is 4.52. The second kappa shape index (κ2) is 6.81. The van der Waals surface area contributed by atoms with Crippen LogP contribution >= 0.6 is 11.3 Å². The first-order valence-electron chi connectivity index (χ1n) is 8.92. The number of thiophene rings is 1. The zero-order valence-electron chi connectivity index (χ0n) is 14.5. The largest absolute Gasteiger partial charge is 0.380 e. The number of carbonyl (C=O) groups excluding carboxylic acids is 1. The number of hydrogen-bond donors (Lipinski definition) is 1. The van der Waals surface area contributed by atoms with E-state index in [0.717, 1.165) is 37.1 Å². The summed E-state index contributed by atoms with van der Waals surface area (Å²) >= 11 is 1.57. The fourth-order valence-corrected chi connectivity index (χ4v) is 4.66. The SMILES string of the molecule is Cc1cccc(N[C@@H]2CO[C@@]3(CCCN(C(=O)c4ccsc4)C3)C2)c1. The van der Waals surface area contributed by atoms with Gasteiger partial charge in [0.2, 0.25) is 0 Å². The highest BCUT2D eigenvalue weighted by molar-refractivity contribution is 7.08. The van der Waals surface area contributed by atoms with Crippen molar-refractivity contribution in [1.82, 2.24) is 4.90 Å². The molecule has 132 valence electrons. The first-order chi connectivity index (χ1) is 12.1. The second-order valence-corrected chi connectivity index (χ2v) is 8.03. The van der Waals surface area contributed by atoms with Gasteiger partial charge < -0.3 is 15.0 Å². The smallest absolute Gasteiger partial charge is 0.254 e. The van der Waals surface area contributed by atoms with E-state index >= 15 is 0 Å². The molecule has 2 aliphatic rings. The summed E-state index contributed by atoms with van der Waals surface area (Å²) in [6, 6.07) is 10.7. The van der Waals surface area contributed by atoms with Crippen LogP contribution < -0.4 is 5.32 Å². The van der Waals surface area contributed by atoms with Crippen LogP contribution in [0, 0.1) is 6.92 Å². The van der Waals surface area contributed by atoms with Crippen LogP contribution in [0.25, 0.3) is 0 Å². The van der Waals surface area contributed by atoms with E-state index in [2.05, 4.69) is 36.5 Å². The number of rotatable bonds is 3. The maximum atomic E-state index is 12.7. The van der Waals surface area contributed by atoms with Crippen LogP contribution in [0.1, 0.15) is 35.2 Å². The molecule has 0 radical (unpaired) electrons. The minimum absolute atomic E-state index is 0.138. The standard InChI is InChI=1S/C20H24N2O2S/c1-15-4-2-5-17(10-15)21-18-11-20(24-12-18)7-3-8-22(14-20)19(23)16-6-9-25-13-16/h2,4-6,9-10,13,18,21H,3,7-8,11-12,14H2,1H3/t18-,20-/m0/s1. The van der Waals surface area contributed by atoms with Crippen LogP contribution in [-0.4, -0.2) is 42.1 Å². The van der Waals surface area contributed by atoms with Crippen LogP contribution in [0.3, 0.4) is 0 Å². The molecule has 1 amide bonds. The van der Waals surface area contributed by atoms with E-state index in [9.17, 15) is 4.79 Å². The molecule has 1 spiro atoms. The van der Waals surface area contributed by atoms with Crippen molar-refractivity contribution < 1.29 is 9.53 Å². The van der Waals surface area contributed by atoms with E-state index in [0.29, 0.717) is 19.2 Å². The molecule has 4 nitrogen and oxygen atoms in total. The van der Waals surface area contributed by atoms with Crippen molar-refractivity contribution in [3.63, 3.8) is 0 Å². The van der Waals surface area contributed by atoms with Gasteiger partial charge in [-0.3, -0.25) is 4.79 Å². The molecular weight excluding hydrogens is 332 g/mol. The van der Waals surface area contributed by atoms with Gasteiger partial charge in [-0.2, -0.15) is 11.3 Å². The summed E-state index contributed by atoms with van der Waals surface area (Å²) in [5.41, 5.74) is 3.01. The molecule has 0 bridgehead atoms. The van der Waals surface area contributed by atoms with Gasteiger partial charge in [0.15, 0.2) is 0 Å². The highest BCUT2D eigenvalue weighted by Gasteiger charge is 2.44. The van der Waals surface area contributed by atoms with Crippen molar-refractivity contribution in [3.05, 3.63) is 52.2 Å². The Balaban J connectivity index is 1.41. The maximum Gasteiger partial charge on any atom is 0.254 e. The van der Waals surface area contributed by atoms with Crippen molar-refractivity contribution in [2.45, 2.75) is 37.8 Å². The summed E-state index contributed by atoms with van der Waals surface area (Å²) in [7, 11) is 0. The van der Waals surface area contributed by atoms with E-state index in [1.807, 2.05) is 21.7 Å². The summed E-state index contributed by atoms with van der Waals surface area (Å²) in [5.74, 6) is 0.138. The van der Waals surface area contributed by atoms with Gasteiger partial charge in [0.1, 0.15) is 0 Å². The van der Waals surface area contributed by atoms with Crippen LogP contribution in [0.2, 0.25) is 0 Å². The molecule has 2 atom stereocenters. The quantitative estimate of drug-likeness (QED) is 0.906. The van der Waals surface area contributed by atoms with E-state index in [1.54, 1.807) is 11.3 Å². The molecule has 2 saturated heterocycles. The molecule has 4 rings (SSSR count). The minimum atomic E-state index is -0.189. The minimum Gasteiger partial charge on any atom is -0.380 e. The van der Waals surface area contributed by atoms with Crippen LogP contribution in [0.5, 0.6) is 0 Å². The van der Waals surface area contributed by atoms with Gasteiger partial charge in [-0.15, -0.1) is 0 Å². The third-order valence-electron chi connectivity index (χ3n) is 5.19. The number of nitrogens with zero attached hydrogens (tertiary/aromatic N) is 1. The van der Waals surface area contributed by atoms with Gasteiger partial charge in [-0.25, -0.2) is 0 Å². The molecule has 0 aliphatic carbocycles. The lowest BCUT2D eigenvalue weighted by Crippen LogP contribution is -2.50. The number of hydrogen-bond acceptors (Lipinski definition) is 4. The van der Waals surface area contributed by atoms with Crippen molar-refractivity contribution in [3.8, 4) is 0 Å². The number of ether oxygens (including phenoxy) is 1. The predicted octanol–water partition coefficient (Wildman–Crippen LogP) is 3.93. The van der Waals surface area contributed by atoms with E-state index in [1.165, 1.54) is 5.56 Å². The Bertz CT molecular complexity index is 746. The first-order valence-corrected chi connectivity index (χ1v) is 9.87. The van der Waals surface area contributed by atoms with Crippen LogP contribution in [0.15, 0.2) is 41.1 Å². The molecule has 2 aromatic rings. The summed E-state index contributed by atoms with van der Waals surface area (Å²) in [6.45, 7) is 4.34. The lowest BCUT2D eigenvalue weighted by molar-refractivity contribution is -0.0447. The number of aryl methyl sites for hydroxylation is 1. The van der Waals surface area contributed by atoms with E-state index in [4.69, 9.17) is 4.74 Å². The number of nitrogens with one attached hydrogen (secondary N) is 1. The summed E-state index contributed by atoms with van der Waals surface area (Å²) < 4.78 is 6.24. The Hall–Kier alpha value is -1.85. The number of amides is 1. The molecule has 3 heterocycles. The Morgan fingerprint density at radius 2 is 2.32 bits per heavy atom. The van der Waals surface area contributed by atoms with Crippen molar-refractivity contribution in [2.24, 2.45) is 0 Å². The topological polar surface area (TPSA) is 41.6 Å². The molecule has 5 heteroatoms. The Labute approximate surface area is 152 Å². The van der Waals surface area contributed by atoms with Gasteiger partial charge >= 0.3 is 0 Å². The lowest BCUT2D eigenvalue weighted by atomic mass is 9.88. The van der Waals surface area contributed by atoms with Crippen molar-refractivity contribution >= 4 is 22.9 Å². The summed E-state index contributed by atoms with van der Waals surface area (Å²) in [5, 5.41) is 7.49. The molecule has 0 saturated carbocycles. The van der Waals surface area contributed by atoms with Gasteiger partial charge in [0.25, 0.3) is 5.91 Å². The van der Waals surface area contributed by atoms with E-state index < -0.39 is 0 Å². The Morgan fingerprint density at radius 3 is 3.12 bits per heavy atom. The average Bonchev–Trinajstić information content (AvgIpc) is 3.25. The molecular formula is C20H24N2O2S. The fraction of sp³-hybridized carbons (Fsp3) is 0.450. The zero-order chi connectivity index (χ0) is 17.3. The fourth-order valence-electron chi connectivity index (χ4n) is 4.03. The number of piperidine rings is 1. The van der Waals surface area contributed by atoms with Crippen LogP contribution in [-0.2, 0) is 4.74 Å². The van der Waals surface area contributed by atoms with Gasteiger partial charge in [0, 0.05) is 24.0 Å². The van der Waals surface area contributed by atoms with Crippen molar-refractivity contribution in [1.29, 1.82) is 0 Å². The van der Waals surface area contributed by atoms with Gasteiger partial charge in [-0.1, -0.05) is 12.1 Å². The molecule has 2 aliphatic heterocycles. The predicted molar refractivity (Wildman–Crippen MR) is 101 cm³/mol. The molecule has 0 unspecified atom stereocenters. The highest BCUT2D eigenvalue weighted by atomic mass is 32.1. The lowest BCUT2D eigenvalue weighted by Gasteiger charge is -2.39. The number of anilines is 1. The summed E-state index contributed by atoms with van der Waals surface area (Å²) in [6.07, 6.45) is 2.99. The van der Waals surface area contributed by atoms with Gasteiger partial charge in [0.05, 0.1) is 30.4 Å². The number of likely N-dealkylation sites (tertiary alicyclic amines) is 1. The first kappa shape index (κ1) is 16.6. The third kappa shape index (κ3) is 3.58. The highest BCUT2D eigenvalue weighted by Crippen LogP contribution is 2.36. The molecule has 1 aromatic carbocycles. The monoisotopic (exact) mass is 356 g/mol. The zero-order valence-corrected chi connectivity index (χ0v) is 15.3. The number of benzene rings is 1. The maximum absolute atomic E-state index is 12.7. The molecule has 1 N–H and O–H groups in total. The molecule has 1 aromatic heterocycles. The molecule has 2 fully saturated rings.